The number of benzene rings is 1. The highest BCUT2D eigenvalue weighted by Gasteiger charge is 2.16. The van der Waals surface area contributed by atoms with Gasteiger partial charge in [-0.15, -0.1) is 0 Å². The van der Waals surface area contributed by atoms with E-state index >= 15 is 0 Å². The van der Waals surface area contributed by atoms with Crippen molar-refractivity contribution in [3.8, 4) is 11.5 Å². The molecule has 138 valence electrons. The summed E-state index contributed by atoms with van der Waals surface area (Å²) in [5.74, 6) is 1.26. The van der Waals surface area contributed by atoms with Crippen molar-refractivity contribution in [1.82, 2.24) is 10.2 Å². The van der Waals surface area contributed by atoms with Crippen molar-refractivity contribution in [2.45, 2.75) is 39.0 Å². The van der Waals surface area contributed by atoms with E-state index in [-0.39, 0.29) is 11.8 Å². The van der Waals surface area contributed by atoms with Gasteiger partial charge in [0.15, 0.2) is 11.5 Å². The zero-order valence-electron chi connectivity index (χ0n) is 15.2. The molecule has 1 aromatic rings. The van der Waals surface area contributed by atoms with Gasteiger partial charge in [0.1, 0.15) is 0 Å². The minimum atomic E-state index is -0.147. The van der Waals surface area contributed by atoms with E-state index in [4.69, 9.17) is 9.47 Å². The molecule has 6 heteroatoms. The van der Waals surface area contributed by atoms with Crippen LogP contribution in [0.2, 0.25) is 0 Å². The number of methoxy groups -OCH3 is 1. The van der Waals surface area contributed by atoms with Crippen LogP contribution in [0.5, 0.6) is 11.5 Å². The average molecular weight is 348 g/mol. The summed E-state index contributed by atoms with van der Waals surface area (Å²) in [7, 11) is 1.57. The van der Waals surface area contributed by atoms with E-state index in [0.29, 0.717) is 43.2 Å². The summed E-state index contributed by atoms with van der Waals surface area (Å²) in [6.07, 6.45) is 4.60. The summed E-state index contributed by atoms with van der Waals surface area (Å²) in [6.45, 7) is 4.47. The first kappa shape index (κ1) is 19.1. The molecule has 1 heterocycles. The molecule has 6 nitrogen and oxygen atoms in total. The predicted octanol–water partition coefficient (Wildman–Crippen LogP) is 2.62. The molecule has 25 heavy (non-hydrogen) atoms. The van der Waals surface area contributed by atoms with Crippen molar-refractivity contribution in [2.75, 3.05) is 33.4 Å². The van der Waals surface area contributed by atoms with Crippen LogP contribution in [0, 0.1) is 0 Å². The molecule has 0 saturated carbocycles. The van der Waals surface area contributed by atoms with Crippen molar-refractivity contribution >= 4 is 11.8 Å². The van der Waals surface area contributed by atoms with E-state index in [1.165, 1.54) is 0 Å². The van der Waals surface area contributed by atoms with Gasteiger partial charge in [0.2, 0.25) is 5.91 Å². The van der Waals surface area contributed by atoms with Gasteiger partial charge in [-0.3, -0.25) is 9.59 Å². The second-order valence-corrected chi connectivity index (χ2v) is 6.10. The molecule has 0 radical (unpaired) electrons. The number of amides is 2. The average Bonchev–Trinajstić information content (AvgIpc) is 2.83. The summed E-state index contributed by atoms with van der Waals surface area (Å²) < 4.78 is 10.7. The maximum absolute atomic E-state index is 12.3. The highest BCUT2D eigenvalue weighted by molar-refractivity contribution is 5.94. The molecule has 0 aromatic heterocycles. The van der Waals surface area contributed by atoms with Gasteiger partial charge in [0.25, 0.3) is 5.91 Å². The maximum Gasteiger partial charge on any atom is 0.251 e. The lowest BCUT2D eigenvalue weighted by Gasteiger charge is -2.20. The number of likely N-dealkylation sites (tertiary alicyclic amines) is 1. The topological polar surface area (TPSA) is 67.9 Å². The van der Waals surface area contributed by atoms with Crippen LogP contribution in [0.1, 0.15) is 49.4 Å². The first-order valence-electron chi connectivity index (χ1n) is 9.02. The van der Waals surface area contributed by atoms with Crippen molar-refractivity contribution in [1.29, 1.82) is 0 Å². The second kappa shape index (κ2) is 9.91. The lowest BCUT2D eigenvalue weighted by atomic mass is 10.2. The molecule has 0 bridgehead atoms. The molecular formula is C19H28N2O4. The quantitative estimate of drug-likeness (QED) is 0.733. The Hall–Kier alpha value is -2.24. The van der Waals surface area contributed by atoms with Gasteiger partial charge >= 0.3 is 0 Å². The van der Waals surface area contributed by atoms with Crippen molar-refractivity contribution in [3.63, 3.8) is 0 Å². The molecule has 1 aliphatic heterocycles. The summed E-state index contributed by atoms with van der Waals surface area (Å²) >= 11 is 0. The Morgan fingerprint density at radius 3 is 2.84 bits per heavy atom. The molecule has 2 amide bonds. The van der Waals surface area contributed by atoms with Crippen LogP contribution in [-0.4, -0.2) is 50.1 Å². The molecule has 1 fully saturated rings. The van der Waals surface area contributed by atoms with E-state index in [1.807, 2.05) is 11.8 Å². The lowest BCUT2D eigenvalue weighted by Crippen LogP contribution is -2.34. The number of nitrogens with zero attached hydrogens (tertiary/aromatic N) is 1. The molecular weight excluding hydrogens is 320 g/mol. The molecule has 0 spiro atoms. The zero-order valence-corrected chi connectivity index (χ0v) is 15.2. The molecule has 0 atom stereocenters. The molecule has 1 aromatic carbocycles. The summed E-state index contributed by atoms with van der Waals surface area (Å²) in [5.41, 5.74) is 0.537. The van der Waals surface area contributed by atoms with E-state index in [0.717, 1.165) is 32.2 Å². The molecule has 1 saturated heterocycles. The van der Waals surface area contributed by atoms with Crippen molar-refractivity contribution in [2.24, 2.45) is 0 Å². The fourth-order valence-corrected chi connectivity index (χ4v) is 2.94. The Morgan fingerprint density at radius 1 is 1.24 bits per heavy atom. The maximum atomic E-state index is 12.3. The standard InChI is InChI=1S/C19H28N2O4/c1-3-25-17-14-15(9-10-16(17)24-2)19(23)20-11-7-13-21-12-6-4-5-8-18(21)22/h9-10,14H,3-8,11-13H2,1-2H3,(H,20,23). The van der Waals surface area contributed by atoms with Gasteiger partial charge in [-0.05, 0) is 44.4 Å². The highest BCUT2D eigenvalue weighted by atomic mass is 16.5. The third kappa shape index (κ3) is 5.66. The monoisotopic (exact) mass is 348 g/mol. The van der Waals surface area contributed by atoms with E-state index < -0.39 is 0 Å². The van der Waals surface area contributed by atoms with Gasteiger partial charge in [-0.1, -0.05) is 6.42 Å². The molecule has 2 rings (SSSR count). The smallest absolute Gasteiger partial charge is 0.251 e. The lowest BCUT2D eigenvalue weighted by molar-refractivity contribution is -0.130. The first-order valence-corrected chi connectivity index (χ1v) is 9.02. The fourth-order valence-electron chi connectivity index (χ4n) is 2.94. The van der Waals surface area contributed by atoms with Crippen LogP contribution in [0.15, 0.2) is 18.2 Å². The molecule has 1 N–H and O–H groups in total. The third-order valence-corrected chi connectivity index (χ3v) is 4.29. The molecule has 0 aliphatic carbocycles. The van der Waals surface area contributed by atoms with Crippen molar-refractivity contribution < 1.29 is 19.1 Å². The van der Waals surface area contributed by atoms with Gasteiger partial charge in [-0.25, -0.2) is 0 Å². The Balaban J connectivity index is 1.81. The Labute approximate surface area is 149 Å². The van der Waals surface area contributed by atoms with Crippen LogP contribution in [0.25, 0.3) is 0 Å². The minimum absolute atomic E-state index is 0.147. The minimum Gasteiger partial charge on any atom is -0.493 e. The van der Waals surface area contributed by atoms with Crippen LogP contribution >= 0.6 is 0 Å². The fraction of sp³-hybridized carbons (Fsp3) is 0.579. The Kier molecular flexibility index (Phi) is 7.57. The molecule has 0 unspecified atom stereocenters. The van der Waals surface area contributed by atoms with Crippen LogP contribution in [0.3, 0.4) is 0 Å². The van der Waals surface area contributed by atoms with Crippen LogP contribution < -0.4 is 14.8 Å². The SMILES string of the molecule is CCOc1cc(C(=O)NCCCN2CCCCCC2=O)ccc1OC. The number of carbonyl (C=O) groups excluding carboxylic acids is 2. The zero-order chi connectivity index (χ0) is 18.1. The number of carbonyl (C=O) groups is 2. The summed E-state index contributed by atoms with van der Waals surface area (Å²) in [4.78, 5) is 26.1. The summed E-state index contributed by atoms with van der Waals surface area (Å²) in [5, 5.41) is 2.90. The Morgan fingerprint density at radius 2 is 2.08 bits per heavy atom. The number of hydrogen-bond acceptors (Lipinski definition) is 4. The van der Waals surface area contributed by atoms with E-state index in [1.54, 1.807) is 25.3 Å². The van der Waals surface area contributed by atoms with E-state index in [2.05, 4.69) is 5.32 Å². The highest BCUT2D eigenvalue weighted by Crippen LogP contribution is 2.27. The Bertz CT molecular complexity index is 589. The number of ether oxygens (including phenoxy) is 2. The third-order valence-electron chi connectivity index (χ3n) is 4.29. The van der Waals surface area contributed by atoms with Crippen LogP contribution in [0.4, 0.5) is 0 Å². The van der Waals surface area contributed by atoms with Gasteiger partial charge < -0.3 is 19.7 Å². The van der Waals surface area contributed by atoms with E-state index in [9.17, 15) is 9.59 Å². The first-order chi connectivity index (χ1) is 12.2. The number of rotatable bonds is 8. The largest absolute Gasteiger partial charge is 0.493 e. The number of nitrogens with one attached hydrogen (secondary N) is 1. The second-order valence-electron chi connectivity index (χ2n) is 6.10. The number of hydrogen-bond donors (Lipinski definition) is 1. The van der Waals surface area contributed by atoms with Gasteiger partial charge in [0.05, 0.1) is 13.7 Å². The van der Waals surface area contributed by atoms with Crippen molar-refractivity contribution in [3.05, 3.63) is 23.8 Å². The normalized spacial score (nSPS) is 14.8. The van der Waals surface area contributed by atoms with Crippen LogP contribution in [-0.2, 0) is 4.79 Å². The molecule has 1 aliphatic rings. The predicted molar refractivity (Wildman–Crippen MR) is 96.2 cm³/mol. The van der Waals surface area contributed by atoms with Gasteiger partial charge in [-0.2, -0.15) is 0 Å². The summed E-state index contributed by atoms with van der Waals surface area (Å²) in [6, 6.07) is 5.14. The van der Waals surface area contributed by atoms with Gasteiger partial charge in [0, 0.05) is 31.6 Å².